The zero-order valence-electron chi connectivity index (χ0n) is 16.9. The number of hydrogen-bond acceptors (Lipinski definition) is 7. The van der Waals surface area contributed by atoms with Crippen LogP contribution in [0.25, 0.3) is 11.4 Å². The highest BCUT2D eigenvalue weighted by molar-refractivity contribution is 7.89. The molecule has 2 heterocycles. The van der Waals surface area contributed by atoms with E-state index in [2.05, 4.69) is 20.7 Å². The van der Waals surface area contributed by atoms with E-state index in [0.29, 0.717) is 37.8 Å². The van der Waals surface area contributed by atoms with Crippen molar-refractivity contribution in [2.75, 3.05) is 31.6 Å². The lowest BCUT2D eigenvalue weighted by molar-refractivity contribution is -0.117. The fraction of sp³-hybridized carbons (Fsp3) is 0.300. The molecule has 1 N–H and O–H groups in total. The first-order valence-corrected chi connectivity index (χ1v) is 11.2. The third-order valence-corrected chi connectivity index (χ3v) is 6.76. The maximum atomic E-state index is 12.9. The third kappa shape index (κ3) is 4.79. The third-order valence-electron chi connectivity index (χ3n) is 4.86. The van der Waals surface area contributed by atoms with Gasteiger partial charge in [-0.2, -0.15) is 9.10 Å². The molecule has 1 amide bonds. The van der Waals surface area contributed by atoms with Crippen molar-refractivity contribution in [2.24, 2.45) is 0 Å². The smallest absolute Gasteiger partial charge is 0.248 e. The molecular formula is C20H22N6O4S. The molecule has 1 fully saturated rings. The van der Waals surface area contributed by atoms with E-state index in [0.717, 1.165) is 11.1 Å². The van der Waals surface area contributed by atoms with Crippen molar-refractivity contribution in [1.82, 2.24) is 24.5 Å². The zero-order valence-corrected chi connectivity index (χ0v) is 17.7. The number of morpholine rings is 1. The van der Waals surface area contributed by atoms with E-state index in [1.807, 2.05) is 30.3 Å². The standard InChI is InChI=1S/C20H22N6O4S/c1-15-7-8-17(31(28,29)25-9-11-30-12-10-25)13-18(15)21-19(27)14-26-23-20(22-24-26)16-5-3-2-4-6-16/h2-8,13H,9-12,14H2,1H3,(H,21,27). The number of nitrogens with zero attached hydrogens (tertiary/aromatic N) is 5. The minimum Gasteiger partial charge on any atom is -0.379 e. The van der Waals surface area contributed by atoms with Gasteiger partial charge in [0.2, 0.25) is 21.8 Å². The lowest BCUT2D eigenvalue weighted by Crippen LogP contribution is -2.40. The van der Waals surface area contributed by atoms with E-state index in [9.17, 15) is 13.2 Å². The summed E-state index contributed by atoms with van der Waals surface area (Å²) in [5.41, 5.74) is 1.96. The lowest BCUT2D eigenvalue weighted by atomic mass is 10.2. The first-order valence-electron chi connectivity index (χ1n) is 9.75. The molecule has 162 valence electrons. The summed E-state index contributed by atoms with van der Waals surface area (Å²) in [4.78, 5) is 13.8. The van der Waals surface area contributed by atoms with E-state index < -0.39 is 10.0 Å². The molecule has 10 nitrogen and oxygen atoms in total. The summed E-state index contributed by atoms with van der Waals surface area (Å²) in [6, 6.07) is 14.0. The van der Waals surface area contributed by atoms with Crippen molar-refractivity contribution in [3.63, 3.8) is 0 Å². The Bertz CT molecular complexity index is 1170. The van der Waals surface area contributed by atoms with Gasteiger partial charge >= 0.3 is 0 Å². The summed E-state index contributed by atoms with van der Waals surface area (Å²) in [6.45, 7) is 2.98. The summed E-state index contributed by atoms with van der Waals surface area (Å²) in [5, 5.41) is 14.9. The Morgan fingerprint density at radius 2 is 1.87 bits per heavy atom. The van der Waals surface area contributed by atoms with Gasteiger partial charge in [-0.05, 0) is 29.8 Å². The van der Waals surface area contributed by atoms with Crippen LogP contribution >= 0.6 is 0 Å². The summed E-state index contributed by atoms with van der Waals surface area (Å²) in [5.74, 6) is 0.0317. The Morgan fingerprint density at radius 1 is 1.13 bits per heavy atom. The van der Waals surface area contributed by atoms with Crippen LogP contribution in [0.2, 0.25) is 0 Å². The van der Waals surface area contributed by atoms with Gasteiger partial charge in [-0.1, -0.05) is 36.4 Å². The van der Waals surface area contributed by atoms with Crippen LogP contribution in [0.5, 0.6) is 0 Å². The molecule has 2 aromatic carbocycles. The second-order valence-corrected chi connectivity index (χ2v) is 8.99. The van der Waals surface area contributed by atoms with E-state index in [4.69, 9.17) is 4.74 Å². The topological polar surface area (TPSA) is 119 Å². The van der Waals surface area contributed by atoms with Gasteiger partial charge in [-0.25, -0.2) is 8.42 Å². The maximum absolute atomic E-state index is 12.9. The van der Waals surface area contributed by atoms with Gasteiger partial charge in [-0.15, -0.1) is 10.2 Å². The van der Waals surface area contributed by atoms with Crippen LogP contribution in [-0.2, 0) is 26.1 Å². The second kappa shape index (κ2) is 8.92. The number of anilines is 1. The number of aryl methyl sites for hydroxylation is 1. The summed E-state index contributed by atoms with van der Waals surface area (Å²) in [7, 11) is -3.66. The molecule has 0 bridgehead atoms. The second-order valence-electron chi connectivity index (χ2n) is 7.05. The Morgan fingerprint density at radius 3 is 2.61 bits per heavy atom. The van der Waals surface area contributed by atoms with E-state index >= 15 is 0 Å². The number of hydrogen-bond donors (Lipinski definition) is 1. The molecule has 0 unspecified atom stereocenters. The molecule has 31 heavy (non-hydrogen) atoms. The summed E-state index contributed by atoms with van der Waals surface area (Å²) < 4.78 is 32.4. The molecule has 11 heteroatoms. The minimum absolute atomic E-state index is 0.126. The largest absolute Gasteiger partial charge is 0.379 e. The summed E-state index contributed by atoms with van der Waals surface area (Å²) in [6.07, 6.45) is 0. The maximum Gasteiger partial charge on any atom is 0.248 e. The van der Waals surface area contributed by atoms with Gasteiger partial charge in [0, 0.05) is 24.3 Å². The first kappa shape index (κ1) is 21.1. The van der Waals surface area contributed by atoms with Crippen molar-refractivity contribution in [1.29, 1.82) is 0 Å². The van der Waals surface area contributed by atoms with E-state index in [-0.39, 0.29) is 17.3 Å². The average Bonchev–Trinajstić information content (AvgIpc) is 3.24. The number of rotatable bonds is 6. The number of nitrogens with one attached hydrogen (secondary N) is 1. The minimum atomic E-state index is -3.66. The van der Waals surface area contributed by atoms with E-state index in [1.165, 1.54) is 15.2 Å². The van der Waals surface area contributed by atoms with Crippen LogP contribution in [0.1, 0.15) is 5.56 Å². The van der Waals surface area contributed by atoms with Gasteiger partial charge in [0.05, 0.1) is 18.1 Å². The number of aromatic nitrogens is 4. The van der Waals surface area contributed by atoms with Crippen LogP contribution in [0.3, 0.4) is 0 Å². The highest BCUT2D eigenvalue weighted by Gasteiger charge is 2.27. The molecule has 0 radical (unpaired) electrons. The van der Waals surface area contributed by atoms with Crippen LogP contribution in [-0.4, -0.2) is 65.1 Å². The van der Waals surface area contributed by atoms with Crippen LogP contribution < -0.4 is 5.32 Å². The Hall–Kier alpha value is -3.15. The molecule has 0 saturated carbocycles. The van der Waals surface area contributed by atoms with Crippen molar-refractivity contribution in [2.45, 2.75) is 18.4 Å². The number of benzene rings is 2. The van der Waals surface area contributed by atoms with Gasteiger partial charge in [0.25, 0.3) is 0 Å². The van der Waals surface area contributed by atoms with Crippen LogP contribution in [0.4, 0.5) is 5.69 Å². The number of amides is 1. The van der Waals surface area contributed by atoms with Gasteiger partial charge < -0.3 is 10.1 Å². The molecular weight excluding hydrogens is 420 g/mol. The first-order chi connectivity index (χ1) is 14.9. The average molecular weight is 443 g/mol. The van der Waals surface area contributed by atoms with E-state index in [1.54, 1.807) is 19.1 Å². The monoisotopic (exact) mass is 442 g/mol. The highest BCUT2D eigenvalue weighted by atomic mass is 32.2. The molecule has 1 aliphatic rings. The Balaban J connectivity index is 1.47. The zero-order chi connectivity index (χ0) is 21.8. The molecule has 0 aliphatic carbocycles. The Kier molecular flexibility index (Phi) is 6.07. The number of tetrazole rings is 1. The van der Waals surface area contributed by atoms with Crippen molar-refractivity contribution < 1.29 is 17.9 Å². The lowest BCUT2D eigenvalue weighted by Gasteiger charge is -2.26. The Labute approximate surface area is 179 Å². The van der Waals surface area contributed by atoms with Gasteiger partial charge in [0.1, 0.15) is 6.54 Å². The number of ether oxygens (including phenoxy) is 1. The molecule has 1 aliphatic heterocycles. The summed E-state index contributed by atoms with van der Waals surface area (Å²) >= 11 is 0. The number of sulfonamides is 1. The van der Waals surface area contributed by atoms with Crippen LogP contribution in [0, 0.1) is 6.92 Å². The highest BCUT2D eigenvalue weighted by Crippen LogP contribution is 2.23. The van der Waals surface area contributed by atoms with Crippen molar-refractivity contribution in [3.8, 4) is 11.4 Å². The molecule has 1 aromatic heterocycles. The molecule has 1 saturated heterocycles. The predicted octanol–water partition coefficient (Wildman–Crippen LogP) is 1.31. The number of carbonyl (C=O) groups is 1. The molecule has 0 atom stereocenters. The van der Waals surface area contributed by atoms with Gasteiger partial charge in [-0.3, -0.25) is 4.79 Å². The molecule has 0 spiro atoms. The van der Waals surface area contributed by atoms with Crippen LogP contribution in [0.15, 0.2) is 53.4 Å². The molecule has 4 rings (SSSR count). The van der Waals surface area contributed by atoms with Crippen molar-refractivity contribution >= 4 is 21.6 Å². The predicted molar refractivity (Wildman–Crippen MR) is 113 cm³/mol. The van der Waals surface area contributed by atoms with Gasteiger partial charge in [0.15, 0.2) is 0 Å². The fourth-order valence-electron chi connectivity index (χ4n) is 3.16. The SMILES string of the molecule is Cc1ccc(S(=O)(=O)N2CCOCC2)cc1NC(=O)Cn1nnc(-c2ccccc2)n1. The molecule has 3 aromatic rings. The van der Waals surface area contributed by atoms with Crippen molar-refractivity contribution in [3.05, 3.63) is 54.1 Å². The fourth-order valence-corrected chi connectivity index (χ4v) is 4.60. The quantitative estimate of drug-likeness (QED) is 0.611. The number of carbonyl (C=O) groups excluding carboxylic acids is 1. The normalized spacial score (nSPS) is 15.0.